The van der Waals surface area contributed by atoms with Gasteiger partial charge >= 0.3 is 0 Å². The summed E-state index contributed by atoms with van der Waals surface area (Å²) in [5.74, 6) is 0.945. The van der Waals surface area contributed by atoms with E-state index in [1.807, 2.05) is 24.3 Å². The molecule has 206 valence electrons. The first-order valence-corrected chi connectivity index (χ1v) is 13.9. The Morgan fingerprint density at radius 1 is 0.905 bits per heavy atom. The SMILES string of the molecule is O=c1/c(=C\c2ccc(-c3ccc([N+](=O)[O-])cc3)o2)sc2n1[C@H](c1cccc([N+](=O)[O-])c1)C1=C(N=2)c2ccccc2CC1. The number of non-ortho nitro benzene ring substituents is 2. The summed E-state index contributed by atoms with van der Waals surface area (Å²) >= 11 is 1.23. The quantitative estimate of drug-likeness (QED) is 0.203. The maximum Gasteiger partial charge on any atom is 0.271 e. The molecule has 2 aromatic heterocycles. The molecule has 11 heteroatoms. The van der Waals surface area contributed by atoms with Crippen molar-refractivity contribution in [3.63, 3.8) is 0 Å². The Morgan fingerprint density at radius 3 is 2.48 bits per heavy atom. The van der Waals surface area contributed by atoms with Crippen molar-refractivity contribution < 1.29 is 14.3 Å². The van der Waals surface area contributed by atoms with Gasteiger partial charge in [0, 0.05) is 41.5 Å². The smallest absolute Gasteiger partial charge is 0.271 e. The lowest BCUT2D eigenvalue weighted by Crippen LogP contribution is -2.38. The van der Waals surface area contributed by atoms with Crippen LogP contribution in [0.15, 0.2) is 105 Å². The first kappa shape index (κ1) is 25.5. The van der Waals surface area contributed by atoms with Gasteiger partial charge in [-0.3, -0.25) is 29.6 Å². The number of benzene rings is 3. The number of aromatic nitrogens is 1. The van der Waals surface area contributed by atoms with E-state index in [0.717, 1.165) is 23.3 Å². The van der Waals surface area contributed by atoms with Crippen LogP contribution < -0.4 is 14.9 Å². The van der Waals surface area contributed by atoms with Crippen LogP contribution in [0.1, 0.15) is 34.9 Å². The minimum atomic E-state index is -0.543. The van der Waals surface area contributed by atoms with Crippen LogP contribution in [0.2, 0.25) is 0 Å². The van der Waals surface area contributed by atoms with Crippen molar-refractivity contribution in [2.75, 3.05) is 0 Å². The fraction of sp³-hybridized carbons (Fsp3) is 0.0968. The third-order valence-corrected chi connectivity index (χ3v) is 8.52. The van der Waals surface area contributed by atoms with Crippen LogP contribution in [-0.2, 0) is 6.42 Å². The summed E-state index contributed by atoms with van der Waals surface area (Å²) in [4.78, 5) is 41.1. The van der Waals surface area contributed by atoms with E-state index < -0.39 is 15.9 Å². The largest absolute Gasteiger partial charge is 0.457 e. The number of nitro benzene ring substituents is 2. The maximum atomic E-state index is 13.9. The number of hydrogen-bond donors (Lipinski definition) is 0. The number of hydrogen-bond acceptors (Lipinski definition) is 8. The van der Waals surface area contributed by atoms with Crippen molar-refractivity contribution in [1.29, 1.82) is 0 Å². The van der Waals surface area contributed by atoms with Gasteiger partial charge in [0.15, 0.2) is 4.80 Å². The third kappa shape index (κ3) is 4.27. The van der Waals surface area contributed by atoms with E-state index in [1.54, 1.807) is 41.0 Å². The van der Waals surface area contributed by atoms with E-state index in [0.29, 0.717) is 38.4 Å². The highest BCUT2D eigenvalue weighted by atomic mass is 32.1. The molecule has 7 rings (SSSR count). The van der Waals surface area contributed by atoms with Gasteiger partial charge in [-0.15, -0.1) is 0 Å². The van der Waals surface area contributed by atoms with E-state index in [-0.39, 0.29) is 16.9 Å². The van der Waals surface area contributed by atoms with Crippen molar-refractivity contribution in [3.8, 4) is 11.3 Å². The molecule has 1 atom stereocenters. The summed E-state index contributed by atoms with van der Waals surface area (Å²) in [5, 5.41) is 22.6. The van der Waals surface area contributed by atoms with E-state index >= 15 is 0 Å². The number of furan rings is 1. The lowest BCUT2D eigenvalue weighted by atomic mass is 9.83. The molecule has 0 radical (unpaired) electrons. The van der Waals surface area contributed by atoms with Crippen LogP contribution in [0.4, 0.5) is 11.4 Å². The summed E-state index contributed by atoms with van der Waals surface area (Å²) < 4.78 is 8.00. The fourth-order valence-corrected chi connectivity index (χ4v) is 6.57. The normalized spacial score (nSPS) is 15.9. The molecular weight excluding hydrogens is 556 g/mol. The summed E-state index contributed by atoms with van der Waals surface area (Å²) in [7, 11) is 0. The number of fused-ring (bicyclic) bond motifs is 3. The Morgan fingerprint density at radius 2 is 1.69 bits per heavy atom. The molecule has 0 saturated heterocycles. The molecule has 3 aromatic carbocycles. The predicted octanol–water partition coefficient (Wildman–Crippen LogP) is 5.40. The zero-order valence-electron chi connectivity index (χ0n) is 21.8. The summed E-state index contributed by atoms with van der Waals surface area (Å²) in [6, 6.07) is 23.4. The van der Waals surface area contributed by atoms with Gasteiger partial charge < -0.3 is 4.42 Å². The lowest BCUT2D eigenvalue weighted by molar-refractivity contribution is -0.385. The Balaban J connectivity index is 1.37. The topological polar surface area (TPSA) is 134 Å². The molecule has 0 N–H and O–H groups in total. The second-order valence-corrected chi connectivity index (χ2v) is 11.0. The zero-order valence-corrected chi connectivity index (χ0v) is 22.6. The number of nitro groups is 2. The molecule has 0 amide bonds. The molecule has 5 aromatic rings. The molecule has 0 saturated carbocycles. The molecule has 3 heterocycles. The molecule has 10 nitrogen and oxygen atoms in total. The summed E-state index contributed by atoms with van der Waals surface area (Å²) in [6.45, 7) is 0. The highest BCUT2D eigenvalue weighted by molar-refractivity contribution is 7.07. The van der Waals surface area contributed by atoms with E-state index in [2.05, 4.69) is 6.07 Å². The van der Waals surface area contributed by atoms with E-state index in [9.17, 15) is 25.0 Å². The molecule has 1 aliphatic heterocycles. The first-order valence-electron chi connectivity index (χ1n) is 13.1. The number of thiazole rings is 1. The molecule has 1 aliphatic carbocycles. The van der Waals surface area contributed by atoms with Gasteiger partial charge in [-0.2, -0.15) is 0 Å². The fourth-order valence-electron chi connectivity index (χ4n) is 5.59. The number of rotatable bonds is 5. The van der Waals surface area contributed by atoms with Crippen molar-refractivity contribution in [2.45, 2.75) is 18.9 Å². The molecule has 42 heavy (non-hydrogen) atoms. The Labute approximate surface area is 241 Å². The van der Waals surface area contributed by atoms with Gasteiger partial charge in [-0.05, 0) is 53.8 Å². The van der Waals surface area contributed by atoms with Crippen LogP contribution in [0.25, 0.3) is 23.1 Å². The first-order chi connectivity index (χ1) is 20.4. The van der Waals surface area contributed by atoms with Gasteiger partial charge in [0.2, 0.25) is 0 Å². The average molecular weight is 577 g/mol. The van der Waals surface area contributed by atoms with Gasteiger partial charge in [-0.25, -0.2) is 4.99 Å². The number of nitrogens with zero attached hydrogens (tertiary/aromatic N) is 4. The molecule has 0 bridgehead atoms. The third-order valence-electron chi connectivity index (χ3n) is 7.53. The van der Waals surface area contributed by atoms with Gasteiger partial charge in [-0.1, -0.05) is 47.7 Å². The molecular formula is C31H20N4O6S. The number of aryl methyl sites for hydroxylation is 1. The van der Waals surface area contributed by atoms with Crippen molar-refractivity contribution in [3.05, 3.63) is 153 Å². The van der Waals surface area contributed by atoms with Crippen LogP contribution in [0.3, 0.4) is 0 Å². The van der Waals surface area contributed by atoms with Crippen LogP contribution in [-0.4, -0.2) is 14.4 Å². The minimum Gasteiger partial charge on any atom is -0.457 e. The van der Waals surface area contributed by atoms with Crippen LogP contribution in [0.5, 0.6) is 0 Å². The zero-order chi connectivity index (χ0) is 29.0. The molecule has 2 aliphatic rings. The van der Waals surface area contributed by atoms with Crippen molar-refractivity contribution in [1.82, 2.24) is 4.57 Å². The van der Waals surface area contributed by atoms with Gasteiger partial charge in [0.1, 0.15) is 11.5 Å². The second kappa shape index (κ2) is 9.89. The van der Waals surface area contributed by atoms with Gasteiger partial charge in [0.25, 0.3) is 16.9 Å². The predicted molar refractivity (Wildman–Crippen MR) is 157 cm³/mol. The number of allylic oxidation sites excluding steroid dienone is 1. The van der Waals surface area contributed by atoms with Crippen molar-refractivity contribution in [2.24, 2.45) is 4.99 Å². The Kier molecular flexibility index (Phi) is 6.02. The second-order valence-electron chi connectivity index (χ2n) is 9.97. The maximum absolute atomic E-state index is 13.9. The van der Waals surface area contributed by atoms with E-state index in [4.69, 9.17) is 9.41 Å². The van der Waals surface area contributed by atoms with Crippen LogP contribution in [0, 0.1) is 20.2 Å². The molecule has 0 fully saturated rings. The minimum absolute atomic E-state index is 0.0183. The highest BCUT2D eigenvalue weighted by Crippen LogP contribution is 2.41. The monoisotopic (exact) mass is 576 g/mol. The Bertz CT molecular complexity index is 2140. The standard InChI is InChI=1S/C31H20N4O6S/c36-30-27(17-23-13-15-26(41-23)19-8-11-21(12-9-19)34(37)38)42-31-32-28-24-7-2-1-4-18(24)10-14-25(28)29(33(30)31)20-5-3-6-22(16-20)35(39)40/h1-9,11-13,15-17,29H,10,14H2/b27-17+/t29-/m1/s1. The highest BCUT2D eigenvalue weighted by Gasteiger charge is 2.33. The van der Waals surface area contributed by atoms with Crippen molar-refractivity contribution >= 4 is 34.5 Å². The summed E-state index contributed by atoms with van der Waals surface area (Å²) in [5.41, 5.74) is 4.92. The van der Waals surface area contributed by atoms with Gasteiger partial charge in [0.05, 0.1) is 26.1 Å². The van der Waals surface area contributed by atoms with Crippen LogP contribution >= 0.6 is 11.3 Å². The Hall–Kier alpha value is -5.42. The molecule has 0 unspecified atom stereocenters. The lowest BCUT2D eigenvalue weighted by Gasteiger charge is -2.30. The average Bonchev–Trinajstić information content (AvgIpc) is 3.60. The molecule has 0 spiro atoms. The van der Waals surface area contributed by atoms with E-state index in [1.165, 1.54) is 41.2 Å². The summed E-state index contributed by atoms with van der Waals surface area (Å²) in [6.07, 6.45) is 3.10.